The van der Waals surface area contributed by atoms with Crippen LogP contribution in [0.4, 0.5) is 5.82 Å². The summed E-state index contributed by atoms with van der Waals surface area (Å²) in [5.74, 6) is 1.15. The Bertz CT molecular complexity index is 746. The number of aromatic nitrogens is 2. The first-order valence-electron chi connectivity index (χ1n) is 10.7. The molecular formula is C20H31ClN6O2S. The summed E-state index contributed by atoms with van der Waals surface area (Å²) in [6, 6.07) is 1.85. The molecule has 0 aliphatic carbocycles. The third kappa shape index (κ3) is 6.46. The molecule has 0 saturated carbocycles. The average molecular weight is 455 g/mol. The SMILES string of the molecule is CCC(=O)N1CCN(c2cc(Cl)nc(SCC(=O)NCCN3CCCC3)n2)CC1C. The van der Waals surface area contributed by atoms with Gasteiger partial charge in [-0.15, -0.1) is 0 Å². The minimum absolute atomic E-state index is 0.0235. The van der Waals surface area contributed by atoms with Crippen molar-refractivity contribution in [3.8, 4) is 0 Å². The van der Waals surface area contributed by atoms with E-state index in [9.17, 15) is 9.59 Å². The number of rotatable bonds is 8. The Kier molecular flexibility index (Phi) is 8.59. The fourth-order valence-electron chi connectivity index (χ4n) is 3.89. The van der Waals surface area contributed by atoms with Gasteiger partial charge in [-0.2, -0.15) is 0 Å². The molecule has 166 valence electrons. The molecule has 2 saturated heterocycles. The summed E-state index contributed by atoms with van der Waals surface area (Å²) in [6.45, 7) is 9.81. The highest BCUT2D eigenvalue weighted by atomic mass is 35.5. The van der Waals surface area contributed by atoms with Crippen LogP contribution in [0.15, 0.2) is 11.2 Å². The highest BCUT2D eigenvalue weighted by molar-refractivity contribution is 7.99. The molecular weight excluding hydrogens is 424 g/mol. The predicted molar refractivity (Wildman–Crippen MR) is 120 cm³/mol. The molecule has 8 nitrogen and oxygen atoms in total. The number of carbonyl (C=O) groups excluding carboxylic acids is 2. The lowest BCUT2D eigenvalue weighted by Crippen LogP contribution is -2.54. The number of likely N-dealkylation sites (tertiary alicyclic amines) is 1. The molecule has 0 aromatic carbocycles. The monoisotopic (exact) mass is 454 g/mol. The molecule has 30 heavy (non-hydrogen) atoms. The molecule has 0 radical (unpaired) electrons. The average Bonchev–Trinajstić information content (AvgIpc) is 3.25. The number of nitrogens with one attached hydrogen (secondary N) is 1. The van der Waals surface area contributed by atoms with Crippen LogP contribution < -0.4 is 10.2 Å². The number of amides is 2. The van der Waals surface area contributed by atoms with Gasteiger partial charge in [0.15, 0.2) is 5.16 Å². The van der Waals surface area contributed by atoms with Gasteiger partial charge in [-0.3, -0.25) is 9.59 Å². The zero-order valence-electron chi connectivity index (χ0n) is 17.8. The molecule has 1 aromatic heterocycles. The lowest BCUT2D eigenvalue weighted by Gasteiger charge is -2.40. The maximum Gasteiger partial charge on any atom is 0.230 e. The van der Waals surface area contributed by atoms with Crippen LogP contribution in [0, 0.1) is 0 Å². The van der Waals surface area contributed by atoms with Crippen molar-refractivity contribution in [3.05, 3.63) is 11.2 Å². The van der Waals surface area contributed by atoms with Crippen molar-refractivity contribution >= 4 is 41.0 Å². The van der Waals surface area contributed by atoms with E-state index in [1.165, 1.54) is 24.6 Å². The third-order valence-electron chi connectivity index (χ3n) is 5.52. The third-order valence-corrected chi connectivity index (χ3v) is 6.56. The van der Waals surface area contributed by atoms with Gasteiger partial charge in [-0.05, 0) is 32.9 Å². The quantitative estimate of drug-likeness (QED) is 0.365. The van der Waals surface area contributed by atoms with Crippen LogP contribution in [0.25, 0.3) is 0 Å². The van der Waals surface area contributed by atoms with Crippen molar-refractivity contribution in [2.24, 2.45) is 0 Å². The van der Waals surface area contributed by atoms with Crippen LogP contribution in [-0.4, -0.2) is 89.2 Å². The largest absolute Gasteiger partial charge is 0.354 e. The molecule has 1 N–H and O–H groups in total. The summed E-state index contributed by atoms with van der Waals surface area (Å²) >= 11 is 7.51. The maximum atomic E-state index is 12.1. The maximum absolute atomic E-state index is 12.1. The Morgan fingerprint density at radius 2 is 2.00 bits per heavy atom. The number of anilines is 1. The second-order valence-corrected chi connectivity index (χ2v) is 9.08. The van der Waals surface area contributed by atoms with E-state index in [0.29, 0.717) is 42.9 Å². The first kappa shape index (κ1) is 23.1. The van der Waals surface area contributed by atoms with Crippen molar-refractivity contribution in [1.82, 2.24) is 25.1 Å². The van der Waals surface area contributed by atoms with Gasteiger partial charge < -0.3 is 20.0 Å². The Morgan fingerprint density at radius 3 is 2.70 bits per heavy atom. The number of hydrogen-bond donors (Lipinski definition) is 1. The summed E-state index contributed by atoms with van der Waals surface area (Å²) < 4.78 is 0. The van der Waals surface area contributed by atoms with Crippen molar-refractivity contribution < 1.29 is 9.59 Å². The lowest BCUT2D eigenvalue weighted by atomic mass is 10.1. The Labute approximate surface area is 187 Å². The number of piperazine rings is 1. The van der Waals surface area contributed by atoms with E-state index in [0.717, 1.165) is 25.5 Å². The van der Waals surface area contributed by atoms with Crippen molar-refractivity contribution in [3.63, 3.8) is 0 Å². The van der Waals surface area contributed by atoms with Gasteiger partial charge in [0.1, 0.15) is 11.0 Å². The Hall–Kier alpha value is -1.58. The van der Waals surface area contributed by atoms with Gasteiger partial charge in [0.25, 0.3) is 0 Å². The van der Waals surface area contributed by atoms with Gasteiger partial charge in [0.2, 0.25) is 11.8 Å². The predicted octanol–water partition coefficient (Wildman–Crippen LogP) is 1.88. The standard InChI is InChI=1S/C20H31ClN6O2S/c1-3-19(29)27-11-10-26(13-15(27)2)17-12-16(21)23-20(24-17)30-14-18(28)22-6-9-25-7-4-5-8-25/h12,15H,3-11,13-14H2,1-2H3,(H,22,28). The van der Waals surface area contributed by atoms with E-state index in [1.54, 1.807) is 6.07 Å². The summed E-state index contributed by atoms with van der Waals surface area (Å²) in [4.78, 5) is 39.5. The number of halogens is 1. The molecule has 2 aliphatic rings. The fourth-order valence-corrected chi connectivity index (χ4v) is 4.80. The molecule has 3 heterocycles. The highest BCUT2D eigenvalue weighted by Crippen LogP contribution is 2.24. The van der Waals surface area contributed by atoms with Gasteiger partial charge in [-0.25, -0.2) is 9.97 Å². The molecule has 0 bridgehead atoms. The van der Waals surface area contributed by atoms with Crippen molar-refractivity contribution in [2.45, 2.75) is 44.3 Å². The van der Waals surface area contributed by atoms with E-state index >= 15 is 0 Å². The second kappa shape index (κ2) is 11.2. The summed E-state index contributed by atoms with van der Waals surface area (Å²) in [6.07, 6.45) is 3.02. The Morgan fingerprint density at radius 1 is 1.23 bits per heavy atom. The van der Waals surface area contributed by atoms with E-state index in [4.69, 9.17) is 11.6 Å². The van der Waals surface area contributed by atoms with Crippen LogP contribution in [-0.2, 0) is 9.59 Å². The normalized spacial score (nSPS) is 19.9. The van der Waals surface area contributed by atoms with E-state index in [-0.39, 0.29) is 23.6 Å². The van der Waals surface area contributed by atoms with Crippen LogP contribution >= 0.6 is 23.4 Å². The number of carbonyl (C=O) groups is 2. The van der Waals surface area contributed by atoms with Gasteiger partial charge in [0.05, 0.1) is 5.75 Å². The Balaban J connectivity index is 1.50. The van der Waals surface area contributed by atoms with Crippen LogP contribution in [0.5, 0.6) is 0 Å². The van der Waals surface area contributed by atoms with Crippen LogP contribution in [0.3, 0.4) is 0 Å². The smallest absolute Gasteiger partial charge is 0.230 e. The number of thioether (sulfide) groups is 1. The molecule has 1 aromatic rings. The first-order chi connectivity index (χ1) is 14.5. The summed E-state index contributed by atoms with van der Waals surface area (Å²) in [5.41, 5.74) is 0. The second-order valence-electron chi connectivity index (χ2n) is 7.75. The van der Waals surface area contributed by atoms with E-state index in [2.05, 4.69) is 25.1 Å². The number of nitrogens with zero attached hydrogens (tertiary/aromatic N) is 5. The van der Waals surface area contributed by atoms with E-state index in [1.807, 2.05) is 18.7 Å². The molecule has 1 unspecified atom stereocenters. The summed E-state index contributed by atoms with van der Waals surface area (Å²) in [5, 5.41) is 3.81. The minimum atomic E-state index is -0.0235. The molecule has 2 fully saturated rings. The molecule has 10 heteroatoms. The van der Waals surface area contributed by atoms with Crippen molar-refractivity contribution in [1.29, 1.82) is 0 Å². The van der Waals surface area contributed by atoms with Crippen LogP contribution in [0.2, 0.25) is 5.15 Å². The van der Waals surface area contributed by atoms with Gasteiger partial charge in [-0.1, -0.05) is 30.3 Å². The van der Waals surface area contributed by atoms with E-state index < -0.39 is 0 Å². The topological polar surface area (TPSA) is 81.7 Å². The fraction of sp³-hybridized carbons (Fsp3) is 0.700. The highest BCUT2D eigenvalue weighted by Gasteiger charge is 2.27. The van der Waals surface area contributed by atoms with Gasteiger partial charge in [0, 0.05) is 51.3 Å². The molecule has 0 spiro atoms. The molecule has 1 atom stereocenters. The lowest BCUT2D eigenvalue weighted by molar-refractivity contribution is -0.133. The van der Waals surface area contributed by atoms with Crippen LogP contribution in [0.1, 0.15) is 33.1 Å². The molecule has 3 rings (SSSR count). The zero-order valence-corrected chi connectivity index (χ0v) is 19.3. The summed E-state index contributed by atoms with van der Waals surface area (Å²) in [7, 11) is 0. The molecule has 2 amide bonds. The van der Waals surface area contributed by atoms with Gasteiger partial charge >= 0.3 is 0 Å². The molecule has 2 aliphatic heterocycles. The van der Waals surface area contributed by atoms with Crippen molar-refractivity contribution in [2.75, 3.05) is 56.5 Å². The number of hydrogen-bond acceptors (Lipinski definition) is 7. The zero-order chi connectivity index (χ0) is 21.5. The first-order valence-corrected chi connectivity index (χ1v) is 12.0. The minimum Gasteiger partial charge on any atom is -0.354 e.